The molecule has 1 saturated carbocycles. The van der Waals surface area contributed by atoms with Gasteiger partial charge in [0, 0.05) is 38.0 Å². The third-order valence-corrected chi connectivity index (χ3v) is 9.46. The zero-order valence-corrected chi connectivity index (χ0v) is 21.3. The highest BCUT2D eigenvalue weighted by Gasteiger charge is 2.38. The highest BCUT2D eigenvalue weighted by Crippen LogP contribution is 2.36. The molecule has 8 heteroatoms. The van der Waals surface area contributed by atoms with Crippen LogP contribution in [0.5, 0.6) is 0 Å². The van der Waals surface area contributed by atoms with Gasteiger partial charge in [0.1, 0.15) is 10.7 Å². The number of piperidine rings is 1. The monoisotopic (exact) mass is 498 g/mol. The fraction of sp³-hybridized carbons (Fsp3) is 0.593. The maximum atomic E-state index is 13.0. The van der Waals surface area contributed by atoms with E-state index in [4.69, 9.17) is 4.74 Å². The number of rotatable bonds is 8. The fourth-order valence-electron chi connectivity index (χ4n) is 5.78. The van der Waals surface area contributed by atoms with E-state index in [-0.39, 0.29) is 16.5 Å². The molecule has 0 bridgehead atoms. The Kier molecular flexibility index (Phi) is 7.72. The third kappa shape index (κ3) is 6.23. The Morgan fingerprint density at radius 2 is 1.71 bits per heavy atom. The van der Waals surface area contributed by atoms with Gasteiger partial charge >= 0.3 is 0 Å². The summed E-state index contributed by atoms with van der Waals surface area (Å²) in [5.74, 6) is 0.846. The molecule has 0 amide bonds. The number of sulfonamides is 1. The largest absolute Gasteiger partial charge is 0.375 e. The first-order valence-electron chi connectivity index (χ1n) is 13.2. The van der Waals surface area contributed by atoms with Crippen LogP contribution in [0.3, 0.4) is 0 Å². The number of benzene rings is 1. The maximum absolute atomic E-state index is 13.0. The zero-order chi connectivity index (χ0) is 24.1. The molecule has 2 aliphatic heterocycles. The lowest BCUT2D eigenvalue weighted by molar-refractivity contribution is -0.0147. The Balaban J connectivity index is 1.07. The lowest BCUT2D eigenvalue weighted by atomic mass is 9.89. The normalized spacial score (nSPS) is 24.6. The van der Waals surface area contributed by atoms with E-state index in [0.29, 0.717) is 6.04 Å². The molecule has 1 aliphatic carbocycles. The van der Waals surface area contributed by atoms with Crippen molar-refractivity contribution in [3.8, 4) is 0 Å². The van der Waals surface area contributed by atoms with E-state index >= 15 is 0 Å². The third-order valence-electron chi connectivity index (χ3n) is 7.95. The van der Waals surface area contributed by atoms with Crippen LogP contribution in [0.1, 0.15) is 56.9 Å². The van der Waals surface area contributed by atoms with Crippen molar-refractivity contribution < 1.29 is 13.2 Å². The van der Waals surface area contributed by atoms with Crippen LogP contribution in [-0.4, -0.2) is 57.3 Å². The Morgan fingerprint density at radius 3 is 2.37 bits per heavy atom. The van der Waals surface area contributed by atoms with Gasteiger partial charge in [-0.3, -0.25) is 0 Å². The van der Waals surface area contributed by atoms with Crippen molar-refractivity contribution in [1.29, 1.82) is 0 Å². The summed E-state index contributed by atoms with van der Waals surface area (Å²) in [6.07, 6.45) is 10.5. The highest BCUT2D eigenvalue weighted by molar-refractivity contribution is 7.89. The number of nitrogens with zero attached hydrogens (tertiary/aromatic N) is 2. The first kappa shape index (κ1) is 24.7. The molecular formula is C27H38N4O3S. The van der Waals surface area contributed by atoms with Crippen molar-refractivity contribution in [1.82, 2.24) is 15.0 Å². The summed E-state index contributed by atoms with van der Waals surface area (Å²) in [5, 5.41) is 3.64. The number of hydrogen-bond acceptors (Lipinski definition) is 6. The first-order valence-corrected chi connectivity index (χ1v) is 14.6. The molecule has 1 aromatic carbocycles. The van der Waals surface area contributed by atoms with Gasteiger partial charge in [-0.15, -0.1) is 0 Å². The van der Waals surface area contributed by atoms with Gasteiger partial charge < -0.3 is 15.0 Å². The number of anilines is 1. The van der Waals surface area contributed by atoms with Gasteiger partial charge in [0.2, 0.25) is 10.0 Å². The van der Waals surface area contributed by atoms with E-state index in [1.807, 2.05) is 12.1 Å². The Hall–Kier alpha value is -2.00. The average molecular weight is 499 g/mol. The van der Waals surface area contributed by atoms with Crippen LogP contribution in [0.4, 0.5) is 5.82 Å². The van der Waals surface area contributed by atoms with E-state index in [1.165, 1.54) is 11.8 Å². The number of pyridine rings is 1. The molecule has 3 aliphatic rings. The summed E-state index contributed by atoms with van der Waals surface area (Å²) in [6, 6.07) is 14.5. The van der Waals surface area contributed by atoms with Crippen LogP contribution < -0.4 is 14.9 Å². The topological polar surface area (TPSA) is 83.6 Å². The number of ether oxygens (including phenoxy) is 1. The Bertz CT molecular complexity index is 1040. The SMILES string of the molecule is O=S(=O)(NC1CCC(NCCc2ccccc2)CC1)c1ccc(N2CCC3(CCCO3)CC2)nc1. The fourth-order valence-corrected chi connectivity index (χ4v) is 7.03. The molecule has 0 unspecified atom stereocenters. The van der Waals surface area contributed by atoms with Gasteiger partial charge in [-0.05, 0) is 82.0 Å². The number of nitrogens with one attached hydrogen (secondary N) is 2. The van der Waals surface area contributed by atoms with Crippen molar-refractivity contribution in [3.05, 3.63) is 54.2 Å². The highest BCUT2D eigenvalue weighted by atomic mass is 32.2. The molecule has 3 heterocycles. The molecule has 5 rings (SSSR count). The van der Waals surface area contributed by atoms with Crippen molar-refractivity contribution in [3.63, 3.8) is 0 Å². The summed E-state index contributed by atoms with van der Waals surface area (Å²) < 4.78 is 34.9. The minimum Gasteiger partial charge on any atom is -0.375 e. The summed E-state index contributed by atoms with van der Waals surface area (Å²) in [5.41, 5.74) is 1.41. The van der Waals surface area contributed by atoms with Crippen LogP contribution in [0.2, 0.25) is 0 Å². The Morgan fingerprint density at radius 1 is 0.971 bits per heavy atom. The molecule has 190 valence electrons. The van der Waals surface area contributed by atoms with Gasteiger partial charge in [0.25, 0.3) is 0 Å². The molecule has 2 N–H and O–H groups in total. The van der Waals surface area contributed by atoms with Gasteiger partial charge in [0.15, 0.2) is 0 Å². The standard InChI is InChI=1S/C27H38N4O3S/c32-35(33,30-24-9-7-23(8-10-24)28-17-13-22-5-2-1-3-6-22)25-11-12-26(29-21-25)31-18-15-27(16-19-31)14-4-20-34-27/h1-3,5-6,11-12,21,23-24,28,30H,4,7-10,13-20H2. The smallest absolute Gasteiger partial charge is 0.242 e. The molecule has 0 radical (unpaired) electrons. The molecule has 1 aromatic heterocycles. The van der Waals surface area contributed by atoms with Crippen molar-refractivity contribution in [2.24, 2.45) is 0 Å². The van der Waals surface area contributed by atoms with E-state index in [0.717, 1.165) is 89.8 Å². The number of aromatic nitrogens is 1. The second-order valence-electron chi connectivity index (χ2n) is 10.3. The second-order valence-corrected chi connectivity index (χ2v) is 12.0. The number of hydrogen-bond donors (Lipinski definition) is 2. The molecular weight excluding hydrogens is 460 g/mol. The molecule has 0 atom stereocenters. The van der Waals surface area contributed by atoms with Crippen LogP contribution >= 0.6 is 0 Å². The van der Waals surface area contributed by atoms with E-state index in [1.54, 1.807) is 6.07 Å². The van der Waals surface area contributed by atoms with Gasteiger partial charge in [-0.1, -0.05) is 30.3 Å². The van der Waals surface area contributed by atoms with Crippen LogP contribution in [0, 0.1) is 0 Å². The molecule has 2 aromatic rings. The lowest BCUT2D eigenvalue weighted by Gasteiger charge is -2.39. The van der Waals surface area contributed by atoms with Crippen molar-refractivity contribution in [2.75, 3.05) is 31.1 Å². The van der Waals surface area contributed by atoms with Crippen molar-refractivity contribution >= 4 is 15.8 Å². The van der Waals surface area contributed by atoms with E-state index in [2.05, 4.69) is 44.2 Å². The quantitative estimate of drug-likeness (QED) is 0.578. The van der Waals surface area contributed by atoms with E-state index < -0.39 is 10.0 Å². The average Bonchev–Trinajstić information content (AvgIpc) is 3.34. The maximum Gasteiger partial charge on any atom is 0.242 e. The summed E-state index contributed by atoms with van der Waals surface area (Å²) in [6.45, 7) is 3.64. The van der Waals surface area contributed by atoms with Crippen LogP contribution in [0.15, 0.2) is 53.6 Å². The zero-order valence-electron chi connectivity index (χ0n) is 20.5. The minimum absolute atomic E-state index is 0.0171. The summed E-state index contributed by atoms with van der Waals surface area (Å²) >= 11 is 0. The summed E-state index contributed by atoms with van der Waals surface area (Å²) in [7, 11) is -3.57. The van der Waals surface area contributed by atoms with Gasteiger partial charge in [-0.25, -0.2) is 18.1 Å². The predicted octanol–water partition coefficient (Wildman–Crippen LogP) is 3.65. The molecule has 1 spiro atoms. The van der Waals surface area contributed by atoms with Crippen LogP contribution in [0.25, 0.3) is 0 Å². The molecule has 3 fully saturated rings. The summed E-state index contributed by atoms with van der Waals surface area (Å²) in [4.78, 5) is 6.99. The lowest BCUT2D eigenvalue weighted by Crippen LogP contribution is -2.44. The van der Waals surface area contributed by atoms with E-state index in [9.17, 15) is 8.42 Å². The predicted molar refractivity (Wildman–Crippen MR) is 138 cm³/mol. The Labute approximate surface area is 209 Å². The van der Waals surface area contributed by atoms with Gasteiger partial charge in [-0.2, -0.15) is 0 Å². The molecule has 2 saturated heterocycles. The first-order chi connectivity index (χ1) is 17.0. The van der Waals surface area contributed by atoms with Gasteiger partial charge in [0.05, 0.1) is 5.60 Å². The molecule has 35 heavy (non-hydrogen) atoms. The van der Waals surface area contributed by atoms with Crippen molar-refractivity contribution in [2.45, 2.75) is 80.4 Å². The minimum atomic E-state index is -3.57. The molecule has 7 nitrogen and oxygen atoms in total. The second kappa shape index (κ2) is 10.9. The van der Waals surface area contributed by atoms with Crippen LogP contribution in [-0.2, 0) is 21.2 Å².